The molecule has 0 amide bonds. The number of halogens is 1. The van der Waals surface area contributed by atoms with Crippen LogP contribution in [-0.4, -0.2) is 34.5 Å². The van der Waals surface area contributed by atoms with Crippen LogP contribution in [0.3, 0.4) is 0 Å². The maximum Gasteiger partial charge on any atom is 0.129 e. The molecule has 1 aromatic heterocycles. The summed E-state index contributed by atoms with van der Waals surface area (Å²) < 4.78 is 0. The highest BCUT2D eigenvalue weighted by Gasteiger charge is 2.17. The Hall–Kier alpha value is -1.65. The van der Waals surface area contributed by atoms with Crippen LogP contribution in [0.15, 0.2) is 30.5 Å². The van der Waals surface area contributed by atoms with E-state index >= 15 is 0 Å². The lowest BCUT2D eigenvalue weighted by molar-refractivity contribution is 0.264. The molecule has 4 nitrogen and oxygen atoms in total. The lowest BCUT2D eigenvalue weighted by Gasteiger charge is -2.29. The molecule has 0 atom stereocenters. The van der Waals surface area contributed by atoms with Gasteiger partial charge in [-0.25, -0.2) is 9.97 Å². The molecule has 0 saturated carbocycles. The predicted octanol–water partition coefficient (Wildman–Crippen LogP) is 2.91. The molecule has 2 heterocycles. The van der Waals surface area contributed by atoms with E-state index in [2.05, 4.69) is 26.3 Å². The van der Waals surface area contributed by atoms with Crippen LogP contribution >= 0.6 is 11.6 Å². The SMILES string of the molecule is Cc1nccc(NCCN2CCc3c(Cl)cccc3C2)n1. The number of aryl methyl sites for hydroxylation is 1. The average molecular weight is 303 g/mol. The summed E-state index contributed by atoms with van der Waals surface area (Å²) in [5.74, 6) is 1.68. The molecule has 110 valence electrons. The van der Waals surface area contributed by atoms with Crippen molar-refractivity contribution in [3.8, 4) is 0 Å². The van der Waals surface area contributed by atoms with E-state index in [-0.39, 0.29) is 0 Å². The van der Waals surface area contributed by atoms with Crippen molar-refractivity contribution < 1.29 is 0 Å². The Kier molecular flexibility index (Phi) is 4.36. The number of aromatic nitrogens is 2. The molecule has 21 heavy (non-hydrogen) atoms. The summed E-state index contributed by atoms with van der Waals surface area (Å²) in [5, 5.41) is 4.25. The zero-order valence-corrected chi connectivity index (χ0v) is 12.9. The van der Waals surface area contributed by atoms with Crippen LogP contribution in [0.25, 0.3) is 0 Å². The predicted molar refractivity (Wildman–Crippen MR) is 85.7 cm³/mol. The summed E-state index contributed by atoms with van der Waals surface area (Å²) >= 11 is 6.24. The molecule has 0 saturated heterocycles. The van der Waals surface area contributed by atoms with E-state index in [1.807, 2.05) is 25.1 Å². The maximum atomic E-state index is 6.24. The molecule has 1 aromatic carbocycles. The largest absolute Gasteiger partial charge is 0.369 e. The third-order valence-electron chi connectivity index (χ3n) is 3.80. The second-order valence-corrected chi connectivity index (χ2v) is 5.73. The Morgan fingerprint density at radius 2 is 2.24 bits per heavy atom. The van der Waals surface area contributed by atoms with Crippen molar-refractivity contribution in [3.05, 3.63) is 52.4 Å². The van der Waals surface area contributed by atoms with Crippen molar-refractivity contribution in [2.75, 3.05) is 25.0 Å². The van der Waals surface area contributed by atoms with Crippen molar-refractivity contribution in [3.63, 3.8) is 0 Å². The summed E-state index contributed by atoms with van der Waals surface area (Å²) in [6, 6.07) is 8.09. The van der Waals surface area contributed by atoms with Crippen LogP contribution in [0.4, 0.5) is 5.82 Å². The van der Waals surface area contributed by atoms with Crippen LogP contribution in [0.2, 0.25) is 5.02 Å². The van der Waals surface area contributed by atoms with Gasteiger partial charge in [0.2, 0.25) is 0 Å². The first-order valence-corrected chi connectivity index (χ1v) is 7.62. The van der Waals surface area contributed by atoms with Gasteiger partial charge in [-0.2, -0.15) is 0 Å². The Balaban J connectivity index is 1.53. The molecule has 0 spiro atoms. The molecule has 1 aliphatic rings. The minimum Gasteiger partial charge on any atom is -0.369 e. The third kappa shape index (κ3) is 3.52. The molecule has 3 rings (SSSR count). The average Bonchev–Trinajstić information content (AvgIpc) is 2.47. The standard InChI is InChI=1S/C16H19ClN4/c1-12-18-7-5-16(20-12)19-8-10-21-9-6-14-13(11-21)3-2-4-15(14)17/h2-5,7H,6,8-11H2,1H3,(H,18,19,20). The van der Waals surface area contributed by atoms with Crippen LogP contribution in [0, 0.1) is 6.92 Å². The Bertz CT molecular complexity index is 629. The van der Waals surface area contributed by atoms with Gasteiger partial charge in [-0.3, -0.25) is 4.90 Å². The van der Waals surface area contributed by atoms with E-state index < -0.39 is 0 Å². The summed E-state index contributed by atoms with van der Waals surface area (Å²) in [6.45, 7) is 5.80. The highest BCUT2D eigenvalue weighted by Crippen LogP contribution is 2.25. The smallest absolute Gasteiger partial charge is 0.129 e. The van der Waals surface area contributed by atoms with Gasteiger partial charge in [0.15, 0.2) is 0 Å². The summed E-state index contributed by atoms with van der Waals surface area (Å²) in [4.78, 5) is 10.9. The van der Waals surface area contributed by atoms with Crippen molar-refractivity contribution in [1.82, 2.24) is 14.9 Å². The zero-order valence-electron chi connectivity index (χ0n) is 12.1. The monoisotopic (exact) mass is 302 g/mol. The van der Waals surface area contributed by atoms with Crippen LogP contribution < -0.4 is 5.32 Å². The first-order valence-electron chi connectivity index (χ1n) is 7.24. The van der Waals surface area contributed by atoms with E-state index in [1.54, 1.807) is 6.20 Å². The number of nitrogens with zero attached hydrogens (tertiary/aromatic N) is 3. The molecule has 0 bridgehead atoms. The van der Waals surface area contributed by atoms with E-state index in [1.165, 1.54) is 11.1 Å². The van der Waals surface area contributed by atoms with E-state index in [9.17, 15) is 0 Å². The normalized spacial score (nSPS) is 14.8. The van der Waals surface area contributed by atoms with Crippen molar-refractivity contribution in [2.45, 2.75) is 19.9 Å². The molecule has 5 heteroatoms. The molecule has 0 radical (unpaired) electrons. The second kappa shape index (κ2) is 6.41. The zero-order chi connectivity index (χ0) is 14.7. The third-order valence-corrected chi connectivity index (χ3v) is 4.15. The van der Waals surface area contributed by atoms with Gasteiger partial charge in [0.05, 0.1) is 0 Å². The minimum atomic E-state index is 0.793. The fraction of sp³-hybridized carbons (Fsp3) is 0.375. The molecule has 1 N–H and O–H groups in total. The lowest BCUT2D eigenvalue weighted by atomic mass is 10.00. The minimum absolute atomic E-state index is 0.793. The highest BCUT2D eigenvalue weighted by atomic mass is 35.5. The Morgan fingerprint density at radius 1 is 1.33 bits per heavy atom. The van der Waals surface area contributed by atoms with Gasteiger partial charge >= 0.3 is 0 Å². The van der Waals surface area contributed by atoms with Gasteiger partial charge in [-0.1, -0.05) is 23.7 Å². The highest BCUT2D eigenvalue weighted by molar-refractivity contribution is 6.31. The number of nitrogens with one attached hydrogen (secondary N) is 1. The maximum absolute atomic E-state index is 6.24. The van der Waals surface area contributed by atoms with Crippen LogP contribution in [-0.2, 0) is 13.0 Å². The summed E-state index contributed by atoms with van der Waals surface area (Å²) in [5.41, 5.74) is 2.67. The quantitative estimate of drug-likeness (QED) is 0.943. The van der Waals surface area contributed by atoms with Gasteiger partial charge in [0.1, 0.15) is 11.6 Å². The van der Waals surface area contributed by atoms with Crippen LogP contribution in [0.1, 0.15) is 17.0 Å². The van der Waals surface area contributed by atoms with Gasteiger partial charge in [-0.05, 0) is 36.6 Å². The first kappa shape index (κ1) is 14.3. The van der Waals surface area contributed by atoms with E-state index in [4.69, 9.17) is 11.6 Å². The summed E-state index contributed by atoms with van der Waals surface area (Å²) in [7, 11) is 0. The van der Waals surface area contributed by atoms with E-state index in [0.29, 0.717) is 0 Å². The van der Waals surface area contributed by atoms with E-state index in [0.717, 1.165) is 49.3 Å². The van der Waals surface area contributed by atoms with Crippen molar-refractivity contribution in [1.29, 1.82) is 0 Å². The molecule has 2 aromatic rings. The fourth-order valence-corrected chi connectivity index (χ4v) is 3.00. The van der Waals surface area contributed by atoms with Gasteiger partial charge in [-0.15, -0.1) is 0 Å². The number of hydrogen-bond donors (Lipinski definition) is 1. The molecular formula is C16H19ClN4. The Morgan fingerprint density at radius 3 is 3.10 bits per heavy atom. The van der Waals surface area contributed by atoms with Gasteiger partial charge in [0, 0.05) is 37.4 Å². The van der Waals surface area contributed by atoms with Gasteiger partial charge in [0.25, 0.3) is 0 Å². The molecule has 0 unspecified atom stereocenters. The second-order valence-electron chi connectivity index (χ2n) is 5.32. The number of rotatable bonds is 4. The number of hydrogen-bond acceptors (Lipinski definition) is 4. The Labute approximate surface area is 130 Å². The first-order chi connectivity index (χ1) is 10.2. The number of benzene rings is 1. The molecular weight excluding hydrogens is 284 g/mol. The lowest BCUT2D eigenvalue weighted by Crippen LogP contribution is -2.34. The van der Waals surface area contributed by atoms with Crippen molar-refractivity contribution in [2.24, 2.45) is 0 Å². The topological polar surface area (TPSA) is 41.1 Å². The molecule has 0 aliphatic carbocycles. The molecule has 0 fully saturated rings. The number of fused-ring (bicyclic) bond motifs is 1. The number of anilines is 1. The van der Waals surface area contributed by atoms with Gasteiger partial charge < -0.3 is 5.32 Å². The molecule has 1 aliphatic heterocycles. The fourth-order valence-electron chi connectivity index (χ4n) is 2.71. The van der Waals surface area contributed by atoms with Crippen LogP contribution in [0.5, 0.6) is 0 Å². The summed E-state index contributed by atoms with van der Waals surface area (Å²) in [6.07, 6.45) is 2.81. The van der Waals surface area contributed by atoms with Crippen molar-refractivity contribution >= 4 is 17.4 Å².